The third kappa shape index (κ3) is 3.61. The van der Waals surface area contributed by atoms with Crippen molar-refractivity contribution in [2.24, 2.45) is 0 Å². The Kier molecular flexibility index (Phi) is 5.33. The molecule has 1 aliphatic rings. The minimum Gasteiger partial charge on any atom is -0.468 e. The summed E-state index contributed by atoms with van der Waals surface area (Å²) in [4.78, 5) is 25.9. The largest absolute Gasteiger partial charge is 0.468 e. The first kappa shape index (κ1) is 15.5. The fraction of sp³-hybridized carbons (Fsp3) is 0.500. The average Bonchev–Trinajstić information content (AvgIpc) is 2.53. The second-order valence-corrected chi connectivity index (χ2v) is 5.22. The lowest BCUT2D eigenvalue weighted by atomic mass is 9.89. The van der Waals surface area contributed by atoms with E-state index in [1.54, 1.807) is 4.90 Å². The van der Waals surface area contributed by atoms with Crippen LogP contribution < -0.4 is 5.32 Å². The van der Waals surface area contributed by atoms with Crippen LogP contribution >= 0.6 is 0 Å². The molecular formula is C16H22N2O3. The predicted molar refractivity (Wildman–Crippen MR) is 79.8 cm³/mol. The van der Waals surface area contributed by atoms with Crippen LogP contribution in [-0.4, -0.2) is 43.5 Å². The number of hydrogen-bond donors (Lipinski definition) is 1. The van der Waals surface area contributed by atoms with Crippen molar-refractivity contribution in [2.45, 2.75) is 25.8 Å². The van der Waals surface area contributed by atoms with E-state index < -0.39 is 0 Å². The normalized spacial score (nSPS) is 17.0. The maximum atomic E-state index is 12.8. The summed E-state index contributed by atoms with van der Waals surface area (Å²) in [5, 5.41) is 3.27. The smallest absolute Gasteiger partial charge is 0.325 e. The van der Waals surface area contributed by atoms with Gasteiger partial charge in [0.25, 0.3) is 0 Å². The van der Waals surface area contributed by atoms with E-state index >= 15 is 0 Å². The van der Waals surface area contributed by atoms with Crippen LogP contribution in [0.5, 0.6) is 0 Å². The van der Waals surface area contributed by atoms with Crippen LogP contribution in [0.1, 0.15) is 30.4 Å². The summed E-state index contributed by atoms with van der Waals surface area (Å²) in [6, 6.07) is 7.97. The number of carbonyl (C=O) groups excluding carboxylic acids is 2. The van der Waals surface area contributed by atoms with E-state index in [0.29, 0.717) is 13.1 Å². The van der Waals surface area contributed by atoms with Gasteiger partial charge < -0.3 is 15.0 Å². The maximum absolute atomic E-state index is 12.8. The monoisotopic (exact) mass is 290 g/mol. The Morgan fingerprint density at radius 3 is 2.86 bits per heavy atom. The molecule has 2 rings (SSSR count). The second-order valence-electron chi connectivity index (χ2n) is 5.22. The quantitative estimate of drug-likeness (QED) is 0.830. The highest BCUT2D eigenvalue weighted by Gasteiger charge is 2.30. The van der Waals surface area contributed by atoms with Gasteiger partial charge in [-0.15, -0.1) is 0 Å². The summed E-state index contributed by atoms with van der Waals surface area (Å²) in [7, 11) is 1.34. The van der Waals surface area contributed by atoms with E-state index in [0.717, 1.165) is 24.1 Å². The summed E-state index contributed by atoms with van der Waals surface area (Å²) in [6.45, 7) is 3.96. The molecule has 5 heteroatoms. The molecule has 1 atom stereocenters. The molecule has 1 N–H and O–H groups in total. The Bertz CT molecular complexity index is 516. The molecule has 1 aliphatic heterocycles. The molecule has 114 valence electrons. The Morgan fingerprint density at radius 1 is 1.38 bits per heavy atom. The van der Waals surface area contributed by atoms with Crippen LogP contribution in [0.2, 0.25) is 0 Å². The number of rotatable bonds is 5. The summed E-state index contributed by atoms with van der Waals surface area (Å²) in [6.07, 6.45) is 0.810. The molecule has 0 aliphatic carbocycles. The first-order valence-corrected chi connectivity index (χ1v) is 7.31. The Morgan fingerprint density at radius 2 is 2.14 bits per heavy atom. The summed E-state index contributed by atoms with van der Waals surface area (Å²) < 4.78 is 4.69. The van der Waals surface area contributed by atoms with Crippen molar-refractivity contribution in [1.29, 1.82) is 0 Å². The van der Waals surface area contributed by atoms with Crippen LogP contribution in [0.25, 0.3) is 0 Å². The lowest BCUT2D eigenvalue weighted by Crippen LogP contribution is -2.44. The van der Waals surface area contributed by atoms with Gasteiger partial charge in [-0.05, 0) is 17.5 Å². The van der Waals surface area contributed by atoms with Gasteiger partial charge in [0.05, 0.1) is 13.0 Å². The molecule has 0 saturated heterocycles. The minimum atomic E-state index is -0.381. The van der Waals surface area contributed by atoms with Gasteiger partial charge in [0, 0.05) is 19.6 Å². The van der Waals surface area contributed by atoms with E-state index in [9.17, 15) is 9.59 Å². The van der Waals surface area contributed by atoms with Gasteiger partial charge in [-0.2, -0.15) is 0 Å². The Labute approximate surface area is 125 Å². The lowest BCUT2D eigenvalue weighted by molar-refractivity contribution is -0.147. The van der Waals surface area contributed by atoms with E-state index in [1.165, 1.54) is 7.11 Å². The maximum Gasteiger partial charge on any atom is 0.325 e. The number of amides is 1. The van der Waals surface area contributed by atoms with Crippen molar-refractivity contribution in [1.82, 2.24) is 10.2 Å². The van der Waals surface area contributed by atoms with Crippen LogP contribution in [0.3, 0.4) is 0 Å². The molecule has 1 heterocycles. The van der Waals surface area contributed by atoms with Gasteiger partial charge in [-0.3, -0.25) is 9.59 Å². The fourth-order valence-electron chi connectivity index (χ4n) is 2.69. The van der Waals surface area contributed by atoms with Crippen LogP contribution in [-0.2, 0) is 20.9 Å². The third-order valence-corrected chi connectivity index (χ3v) is 3.75. The van der Waals surface area contributed by atoms with E-state index in [1.807, 2.05) is 31.2 Å². The van der Waals surface area contributed by atoms with Gasteiger partial charge in [0.2, 0.25) is 5.91 Å². The van der Waals surface area contributed by atoms with Gasteiger partial charge in [-0.25, -0.2) is 0 Å². The van der Waals surface area contributed by atoms with Crippen LogP contribution in [0.4, 0.5) is 0 Å². The Balaban J connectivity index is 2.19. The second kappa shape index (κ2) is 7.22. The number of hydrogen-bond acceptors (Lipinski definition) is 4. The molecule has 5 nitrogen and oxygen atoms in total. The van der Waals surface area contributed by atoms with Crippen molar-refractivity contribution in [2.75, 3.05) is 26.7 Å². The zero-order valence-corrected chi connectivity index (χ0v) is 12.6. The molecule has 0 spiro atoms. The molecule has 0 fully saturated rings. The molecule has 1 amide bonds. The van der Waals surface area contributed by atoms with Crippen molar-refractivity contribution in [3.05, 3.63) is 35.4 Å². The van der Waals surface area contributed by atoms with Crippen molar-refractivity contribution >= 4 is 11.9 Å². The summed E-state index contributed by atoms with van der Waals surface area (Å²) in [5.41, 5.74) is 2.21. The van der Waals surface area contributed by atoms with E-state index in [-0.39, 0.29) is 24.3 Å². The number of nitrogens with one attached hydrogen (secondary N) is 1. The number of carbonyl (C=O) groups is 2. The molecule has 1 unspecified atom stereocenters. The summed E-state index contributed by atoms with van der Waals surface area (Å²) >= 11 is 0. The first-order chi connectivity index (χ1) is 10.2. The van der Waals surface area contributed by atoms with Crippen molar-refractivity contribution < 1.29 is 14.3 Å². The highest BCUT2D eigenvalue weighted by molar-refractivity contribution is 5.87. The summed E-state index contributed by atoms with van der Waals surface area (Å²) in [5.74, 6) is -0.623. The minimum absolute atomic E-state index is 0.0121. The highest BCUT2D eigenvalue weighted by Crippen LogP contribution is 2.25. The number of benzene rings is 1. The van der Waals surface area contributed by atoms with Gasteiger partial charge in [-0.1, -0.05) is 31.2 Å². The lowest BCUT2D eigenvalue weighted by Gasteiger charge is -2.30. The fourth-order valence-corrected chi connectivity index (χ4v) is 2.69. The molecule has 1 aromatic rings. The molecule has 0 radical (unpaired) electrons. The topological polar surface area (TPSA) is 58.6 Å². The molecule has 1 aromatic carbocycles. The highest BCUT2D eigenvalue weighted by atomic mass is 16.5. The predicted octanol–water partition coefficient (Wildman–Crippen LogP) is 1.28. The van der Waals surface area contributed by atoms with Crippen molar-refractivity contribution in [3.63, 3.8) is 0 Å². The average molecular weight is 290 g/mol. The molecule has 0 bridgehead atoms. The molecule has 21 heavy (non-hydrogen) atoms. The number of methoxy groups -OCH3 is 1. The van der Waals surface area contributed by atoms with Crippen LogP contribution in [0, 0.1) is 0 Å². The zero-order valence-electron chi connectivity index (χ0n) is 12.6. The molecular weight excluding hydrogens is 268 g/mol. The third-order valence-electron chi connectivity index (χ3n) is 3.75. The standard InChI is InChI=1S/C16H22N2O3/c1-3-8-18(11-15(19)21-2)16(20)14-10-17-9-12-6-4-5-7-13(12)14/h4-7,14,17H,3,8-11H2,1-2H3. The number of nitrogens with zero attached hydrogens (tertiary/aromatic N) is 1. The number of fused-ring (bicyclic) bond motifs is 1. The van der Waals surface area contributed by atoms with Gasteiger partial charge in [0.15, 0.2) is 0 Å². The van der Waals surface area contributed by atoms with Gasteiger partial charge in [0.1, 0.15) is 6.54 Å². The van der Waals surface area contributed by atoms with Crippen molar-refractivity contribution in [3.8, 4) is 0 Å². The van der Waals surface area contributed by atoms with E-state index in [4.69, 9.17) is 0 Å². The van der Waals surface area contributed by atoms with Crippen LogP contribution in [0.15, 0.2) is 24.3 Å². The first-order valence-electron chi connectivity index (χ1n) is 7.31. The molecule has 0 saturated carbocycles. The number of esters is 1. The van der Waals surface area contributed by atoms with E-state index in [2.05, 4.69) is 10.1 Å². The van der Waals surface area contributed by atoms with Gasteiger partial charge >= 0.3 is 5.97 Å². The SMILES string of the molecule is CCCN(CC(=O)OC)C(=O)C1CNCc2ccccc21. The zero-order chi connectivity index (χ0) is 15.2. The molecule has 0 aromatic heterocycles. The Hall–Kier alpha value is -1.88. The number of ether oxygens (including phenoxy) is 1.